The van der Waals surface area contributed by atoms with E-state index in [1.165, 1.54) is 16.1 Å². The molecule has 0 aliphatic carbocycles. The first-order valence-electron chi connectivity index (χ1n) is 10.4. The number of hydrogen-bond donors (Lipinski definition) is 1. The molecule has 0 unspecified atom stereocenters. The molecule has 1 N–H and O–H groups in total. The van der Waals surface area contributed by atoms with Gasteiger partial charge in [0.1, 0.15) is 0 Å². The van der Waals surface area contributed by atoms with E-state index in [-0.39, 0.29) is 16.6 Å². The summed E-state index contributed by atoms with van der Waals surface area (Å²) in [7, 11) is -3.57. The summed E-state index contributed by atoms with van der Waals surface area (Å²) in [4.78, 5) is 17.3. The number of nitrogens with one attached hydrogen (secondary N) is 1. The lowest BCUT2D eigenvalue weighted by molar-refractivity contribution is -0.113. The van der Waals surface area contributed by atoms with Gasteiger partial charge in [0.05, 0.1) is 21.7 Å². The van der Waals surface area contributed by atoms with Gasteiger partial charge in [-0.3, -0.25) is 4.79 Å². The van der Waals surface area contributed by atoms with Crippen molar-refractivity contribution in [1.82, 2.24) is 13.9 Å². The number of carbonyl (C=O) groups excluding carboxylic acids is 1. The van der Waals surface area contributed by atoms with Gasteiger partial charge in [0, 0.05) is 30.3 Å². The third kappa shape index (κ3) is 4.96. The molecule has 0 aliphatic rings. The maximum absolute atomic E-state index is 12.9. The normalized spacial score (nSPS) is 11.9. The van der Waals surface area contributed by atoms with Crippen molar-refractivity contribution in [2.24, 2.45) is 0 Å². The number of fused-ring (bicyclic) bond motifs is 1. The molecule has 0 fully saturated rings. The number of anilines is 1. The predicted molar refractivity (Wildman–Crippen MR) is 131 cm³/mol. The summed E-state index contributed by atoms with van der Waals surface area (Å²) < 4.78 is 29.1. The first-order valence-corrected chi connectivity index (χ1v) is 13.2. The Hall–Kier alpha value is -2.07. The molecule has 0 bridgehead atoms. The van der Waals surface area contributed by atoms with Gasteiger partial charge in [-0.2, -0.15) is 4.31 Å². The van der Waals surface area contributed by atoms with E-state index in [0.717, 1.165) is 11.1 Å². The Morgan fingerprint density at radius 1 is 1.19 bits per heavy atom. The Morgan fingerprint density at radius 3 is 2.56 bits per heavy atom. The van der Waals surface area contributed by atoms with Crippen LogP contribution >= 0.6 is 23.4 Å². The highest BCUT2D eigenvalue weighted by Gasteiger charge is 2.23. The average molecular weight is 495 g/mol. The van der Waals surface area contributed by atoms with Crippen LogP contribution in [0.4, 0.5) is 5.69 Å². The number of aromatic nitrogens is 2. The Labute approximate surface area is 198 Å². The molecule has 3 rings (SSSR count). The zero-order chi connectivity index (χ0) is 23.5. The highest BCUT2D eigenvalue weighted by molar-refractivity contribution is 7.99. The molecule has 0 spiro atoms. The van der Waals surface area contributed by atoms with Crippen molar-refractivity contribution in [1.29, 1.82) is 0 Å². The van der Waals surface area contributed by atoms with Gasteiger partial charge in [0.25, 0.3) is 0 Å². The number of amides is 1. The standard InChI is InChI=1S/C22H27ClN4O3S2/c1-5-26(6-2)32(29,30)16-11-12-20-19(13-16)25-22(27(20)7-3)31-14-21(28)24-18-10-8-9-17(23)15(18)4/h8-13H,5-7,14H2,1-4H3,(H,24,28). The van der Waals surface area contributed by atoms with Crippen LogP contribution in [0.25, 0.3) is 11.0 Å². The second-order valence-electron chi connectivity index (χ2n) is 7.13. The number of sulfonamides is 1. The van der Waals surface area contributed by atoms with Crippen molar-refractivity contribution < 1.29 is 13.2 Å². The highest BCUT2D eigenvalue weighted by atomic mass is 35.5. The number of nitrogens with zero attached hydrogens (tertiary/aromatic N) is 3. The quantitative estimate of drug-likeness (QED) is 0.433. The van der Waals surface area contributed by atoms with E-state index in [2.05, 4.69) is 10.3 Å². The zero-order valence-corrected chi connectivity index (χ0v) is 20.9. The number of thioether (sulfide) groups is 1. The molecule has 1 aromatic heterocycles. The molecule has 172 valence electrons. The van der Waals surface area contributed by atoms with Gasteiger partial charge < -0.3 is 9.88 Å². The SMILES string of the molecule is CCN(CC)S(=O)(=O)c1ccc2c(c1)nc(SCC(=O)Nc1cccc(Cl)c1C)n2CC. The van der Waals surface area contributed by atoms with Crippen molar-refractivity contribution >= 4 is 56.0 Å². The van der Waals surface area contributed by atoms with Crippen LogP contribution in [0.3, 0.4) is 0 Å². The lowest BCUT2D eigenvalue weighted by Crippen LogP contribution is -2.30. The number of hydrogen-bond acceptors (Lipinski definition) is 5. The van der Waals surface area contributed by atoms with Crippen LogP contribution in [0.1, 0.15) is 26.3 Å². The number of rotatable bonds is 9. The van der Waals surface area contributed by atoms with Crippen molar-refractivity contribution in [3.63, 3.8) is 0 Å². The molecule has 0 atom stereocenters. The zero-order valence-electron chi connectivity index (χ0n) is 18.6. The van der Waals surface area contributed by atoms with Gasteiger partial charge in [-0.15, -0.1) is 0 Å². The van der Waals surface area contributed by atoms with Crippen molar-refractivity contribution in [2.45, 2.75) is 44.3 Å². The molecule has 0 radical (unpaired) electrons. The van der Waals surface area contributed by atoms with E-state index in [1.54, 1.807) is 30.3 Å². The van der Waals surface area contributed by atoms with Crippen LogP contribution in [-0.2, 0) is 21.4 Å². The molecule has 0 saturated heterocycles. The van der Waals surface area contributed by atoms with Gasteiger partial charge in [-0.25, -0.2) is 13.4 Å². The summed E-state index contributed by atoms with van der Waals surface area (Å²) in [6, 6.07) is 10.4. The fraction of sp³-hybridized carbons (Fsp3) is 0.364. The summed E-state index contributed by atoms with van der Waals surface area (Å²) in [6.07, 6.45) is 0. The smallest absolute Gasteiger partial charge is 0.243 e. The minimum atomic E-state index is -3.57. The maximum atomic E-state index is 12.9. The molecule has 0 aliphatic heterocycles. The van der Waals surface area contributed by atoms with Crippen LogP contribution in [0, 0.1) is 6.92 Å². The number of halogens is 1. The monoisotopic (exact) mass is 494 g/mol. The second-order valence-corrected chi connectivity index (χ2v) is 10.4. The van der Waals surface area contributed by atoms with Crippen LogP contribution in [-0.4, -0.2) is 47.0 Å². The second kappa shape index (κ2) is 10.2. The Bertz CT molecular complexity index is 1240. The van der Waals surface area contributed by atoms with Gasteiger partial charge in [-0.1, -0.05) is 43.3 Å². The van der Waals surface area contributed by atoms with Crippen LogP contribution in [0.2, 0.25) is 5.02 Å². The van der Waals surface area contributed by atoms with Gasteiger partial charge in [0.2, 0.25) is 15.9 Å². The van der Waals surface area contributed by atoms with Crippen LogP contribution in [0.15, 0.2) is 46.5 Å². The fourth-order valence-electron chi connectivity index (χ4n) is 3.44. The number of imidazole rings is 1. The predicted octanol–water partition coefficient (Wildman–Crippen LogP) is 4.78. The minimum absolute atomic E-state index is 0.167. The molecular weight excluding hydrogens is 468 g/mol. The average Bonchev–Trinajstić information content (AvgIpc) is 3.13. The van der Waals surface area contributed by atoms with Gasteiger partial charge >= 0.3 is 0 Å². The van der Waals surface area contributed by atoms with Crippen LogP contribution < -0.4 is 5.32 Å². The third-order valence-electron chi connectivity index (χ3n) is 5.22. The van der Waals surface area contributed by atoms with Gasteiger partial charge in [-0.05, 0) is 49.7 Å². The molecule has 32 heavy (non-hydrogen) atoms. The summed E-state index contributed by atoms with van der Waals surface area (Å²) in [5.74, 6) is -0.000236. The first kappa shape index (κ1) is 24.6. The van der Waals surface area contributed by atoms with E-state index in [1.807, 2.05) is 38.3 Å². The minimum Gasteiger partial charge on any atom is -0.325 e. The highest BCUT2D eigenvalue weighted by Crippen LogP contribution is 2.28. The van der Waals surface area contributed by atoms with E-state index < -0.39 is 10.0 Å². The molecular formula is C22H27ClN4O3S2. The fourth-order valence-corrected chi connectivity index (χ4v) is 5.97. The van der Waals surface area contributed by atoms with Crippen molar-refractivity contribution in [3.05, 3.63) is 47.0 Å². The van der Waals surface area contributed by atoms with E-state index in [4.69, 9.17) is 11.6 Å². The molecule has 2 aromatic carbocycles. The Morgan fingerprint density at radius 2 is 1.91 bits per heavy atom. The Balaban J connectivity index is 1.82. The molecule has 0 saturated carbocycles. The molecule has 1 heterocycles. The van der Waals surface area contributed by atoms with Crippen LogP contribution in [0.5, 0.6) is 0 Å². The number of aryl methyl sites for hydroxylation is 1. The van der Waals surface area contributed by atoms with E-state index in [9.17, 15) is 13.2 Å². The van der Waals surface area contributed by atoms with Crippen molar-refractivity contribution in [3.8, 4) is 0 Å². The summed E-state index contributed by atoms with van der Waals surface area (Å²) >= 11 is 7.43. The summed E-state index contributed by atoms with van der Waals surface area (Å²) in [6.45, 7) is 8.93. The largest absolute Gasteiger partial charge is 0.325 e. The molecule has 1 amide bonds. The summed E-state index contributed by atoms with van der Waals surface area (Å²) in [5, 5.41) is 4.14. The number of benzene rings is 2. The van der Waals surface area contributed by atoms with E-state index in [0.29, 0.717) is 41.0 Å². The van der Waals surface area contributed by atoms with Crippen molar-refractivity contribution in [2.75, 3.05) is 24.2 Å². The van der Waals surface area contributed by atoms with E-state index >= 15 is 0 Å². The lowest BCUT2D eigenvalue weighted by Gasteiger charge is -2.18. The molecule has 3 aromatic rings. The summed E-state index contributed by atoms with van der Waals surface area (Å²) in [5.41, 5.74) is 2.92. The molecule has 7 nitrogen and oxygen atoms in total. The Kier molecular flexibility index (Phi) is 7.87. The topological polar surface area (TPSA) is 84.3 Å². The first-order chi connectivity index (χ1) is 15.2. The molecule has 10 heteroatoms. The third-order valence-corrected chi connectivity index (χ3v) is 8.65. The maximum Gasteiger partial charge on any atom is 0.243 e. The van der Waals surface area contributed by atoms with Gasteiger partial charge in [0.15, 0.2) is 5.16 Å². The number of carbonyl (C=O) groups is 1. The lowest BCUT2D eigenvalue weighted by atomic mass is 10.2.